The lowest BCUT2D eigenvalue weighted by Crippen LogP contribution is -2.41. The molecule has 0 aliphatic carbocycles. The standard InChI is InChI=1S/C15H23N3O3/c1-6-16-11-7-8-13(18(20)21)12(9-11)14(19)17-10(2)15(3,4)5/h7-10,16H,6H2,1-5H3,(H,17,19). The summed E-state index contributed by atoms with van der Waals surface area (Å²) in [6.07, 6.45) is 0. The Balaban J connectivity index is 3.10. The molecule has 0 aliphatic rings. The first-order valence-electron chi connectivity index (χ1n) is 7.00. The molecule has 0 aromatic heterocycles. The van der Waals surface area contributed by atoms with Crippen LogP contribution >= 0.6 is 0 Å². The Bertz CT molecular complexity index is 535. The molecule has 0 spiro atoms. The smallest absolute Gasteiger partial charge is 0.282 e. The number of nitro benzene ring substituents is 1. The molecule has 0 saturated carbocycles. The molecular weight excluding hydrogens is 270 g/mol. The number of amides is 1. The maximum absolute atomic E-state index is 12.3. The van der Waals surface area contributed by atoms with E-state index >= 15 is 0 Å². The molecule has 0 heterocycles. The van der Waals surface area contributed by atoms with Crippen LogP contribution < -0.4 is 10.6 Å². The van der Waals surface area contributed by atoms with E-state index in [4.69, 9.17) is 0 Å². The number of benzene rings is 1. The fourth-order valence-electron chi connectivity index (χ4n) is 1.68. The Kier molecular flexibility index (Phi) is 5.29. The highest BCUT2D eigenvalue weighted by Crippen LogP contribution is 2.24. The van der Waals surface area contributed by atoms with E-state index in [1.54, 1.807) is 6.07 Å². The summed E-state index contributed by atoms with van der Waals surface area (Å²) in [6.45, 7) is 10.5. The van der Waals surface area contributed by atoms with Crippen molar-refractivity contribution < 1.29 is 9.72 Å². The van der Waals surface area contributed by atoms with Gasteiger partial charge in [0.25, 0.3) is 11.6 Å². The largest absolute Gasteiger partial charge is 0.385 e. The number of carbonyl (C=O) groups is 1. The van der Waals surface area contributed by atoms with Gasteiger partial charge < -0.3 is 10.6 Å². The number of hydrogen-bond acceptors (Lipinski definition) is 4. The maximum Gasteiger partial charge on any atom is 0.282 e. The van der Waals surface area contributed by atoms with Crippen molar-refractivity contribution in [2.45, 2.75) is 40.7 Å². The van der Waals surface area contributed by atoms with Crippen LogP contribution in [0.15, 0.2) is 18.2 Å². The summed E-state index contributed by atoms with van der Waals surface area (Å²) < 4.78 is 0. The first-order chi connectivity index (χ1) is 9.66. The van der Waals surface area contributed by atoms with Crippen LogP contribution in [0.3, 0.4) is 0 Å². The van der Waals surface area contributed by atoms with Crippen molar-refractivity contribution in [3.8, 4) is 0 Å². The van der Waals surface area contributed by atoms with Crippen LogP contribution in [0.5, 0.6) is 0 Å². The highest BCUT2D eigenvalue weighted by atomic mass is 16.6. The minimum Gasteiger partial charge on any atom is -0.385 e. The van der Waals surface area contributed by atoms with Crippen molar-refractivity contribution in [1.29, 1.82) is 0 Å². The average molecular weight is 293 g/mol. The van der Waals surface area contributed by atoms with Crippen molar-refractivity contribution in [3.63, 3.8) is 0 Å². The monoisotopic (exact) mass is 293 g/mol. The van der Waals surface area contributed by atoms with Gasteiger partial charge in [-0.2, -0.15) is 0 Å². The summed E-state index contributed by atoms with van der Waals surface area (Å²) in [7, 11) is 0. The van der Waals surface area contributed by atoms with Gasteiger partial charge in [0, 0.05) is 24.3 Å². The van der Waals surface area contributed by atoms with E-state index in [9.17, 15) is 14.9 Å². The van der Waals surface area contributed by atoms with Crippen LogP contribution in [0.2, 0.25) is 0 Å². The van der Waals surface area contributed by atoms with Gasteiger partial charge in [-0.3, -0.25) is 14.9 Å². The predicted molar refractivity (Wildman–Crippen MR) is 83.6 cm³/mol. The Hall–Kier alpha value is -2.11. The second-order valence-electron chi connectivity index (χ2n) is 6.08. The molecule has 0 aliphatic heterocycles. The van der Waals surface area contributed by atoms with Gasteiger partial charge in [-0.15, -0.1) is 0 Å². The third-order valence-corrected chi connectivity index (χ3v) is 3.47. The zero-order valence-electron chi connectivity index (χ0n) is 13.2. The van der Waals surface area contributed by atoms with E-state index in [0.29, 0.717) is 12.2 Å². The second kappa shape index (κ2) is 6.56. The second-order valence-corrected chi connectivity index (χ2v) is 6.08. The molecule has 0 fully saturated rings. The lowest BCUT2D eigenvalue weighted by Gasteiger charge is -2.28. The third kappa shape index (κ3) is 4.44. The molecule has 21 heavy (non-hydrogen) atoms. The maximum atomic E-state index is 12.3. The van der Waals surface area contributed by atoms with Gasteiger partial charge in [0.2, 0.25) is 0 Å². The number of carbonyl (C=O) groups excluding carboxylic acids is 1. The normalized spacial score (nSPS) is 12.6. The molecule has 0 bridgehead atoms. The summed E-state index contributed by atoms with van der Waals surface area (Å²) in [6, 6.07) is 4.37. The zero-order chi connectivity index (χ0) is 16.2. The molecule has 116 valence electrons. The highest BCUT2D eigenvalue weighted by Gasteiger charge is 2.26. The predicted octanol–water partition coefficient (Wildman–Crippen LogP) is 3.19. The summed E-state index contributed by atoms with van der Waals surface area (Å²) in [5.74, 6) is -0.427. The van der Waals surface area contributed by atoms with Gasteiger partial charge >= 0.3 is 0 Å². The van der Waals surface area contributed by atoms with Crippen molar-refractivity contribution in [2.75, 3.05) is 11.9 Å². The summed E-state index contributed by atoms with van der Waals surface area (Å²) >= 11 is 0. The highest BCUT2D eigenvalue weighted by molar-refractivity contribution is 5.99. The summed E-state index contributed by atoms with van der Waals surface area (Å²) in [4.78, 5) is 22.9. The Labute approximate surface area is 125 Å². The fraction of sp³-hybridized carbons (Fsp3) is 0.533. The molecule has 1 aromatic rings. The van der Waals surface area contributed by atoms with Crippen LogP contribution in [-0.2, 0) is 0 Å². The van der Waals surface area contributed by atoms with E-state index in [-0.39, 0.29) is 22.7 Å². The Morgan fingerprint density at radius 2 is 2.00 bits per heavy atom. The molecule has 0 radical (unpaired) electrons. The minimum atomic E-state index is -0.535. The number of nitrogens with zero attached hydrogens (tertiary/aromatic N) is 1. The number of hydrogen-bond donors (Lipinski definition) is 2. The van der Waals surface area contributed by atoms with E-state index in [1.807, 2.05) is 34.6 Å². The quantitative estimate of drug-likeness (QED) is 0.645. The van der Waals surface area contributed by atoms with Gasteiger partial charge in [-0.1, -0.05) is 20.8 Å². The first-order valence-corrected chi connectivity index (χ1v) is 7.00. The van der Waals surface area contributed by atoms with Crippen LogP contribution in [-0.4, -0.2) is 23.4 Å². The molecular formula is C15H23N3O3. The molecule has 6 heteroatoms. The lowest BCUT2D eigenvalue weighted by molar-refractivity contribution is -0.385. The van der Waals surface area contributed by atoms with Crippen LogP contribution in [0.1, 0.15) is 45.0 Å². The van der Waals surface area contributed by atoms with Crippen LogP contribution in [0.25, 0.3) is 0 Å². The van der Waals surface area contributed by atoms with Gasteiger partial charge in [0.15, 0.2) is 0 Å². The van der Waals surface area contributed by atoms with Crippen LogP contribution in [0.4, 0.5) is 11.4 Å². The topological polar surface area (TPSA) is 84.3 Å². The van der Waals surface area contributed by atoms with Crippen molar-refractivity contribution in [3.05, 3.63) is 33.9 Å². The van der Waals surface area contributed by atoms with Crippen molar-refractivity contribution in [2.24, 2.45) is 5.41 Å². The van der Waals surface area contributed by atoms with Gasteiger partial charge in [0.1, 0.15) is 5.56 Å². The van der Waals surface area contributed by atoms with Crippen molar-refractivity contribution in [1.82, 2.24) is 5.32 Å². The third-order valence-electron chi connectivity index (χ3n) is 3.47. The zero-order valence-corrected chi connectivity index (χ0v) is 13.2. The molecule has 2 N–H and O–H groups in total. The number of anilines is 1. The molecule has 1 unspecified atom stereocenters. The first kappa shape index (κ1) is 16.9. The van der Waals surface area contributed by atoms with E-state index < -0.39 is 10.8 Å². The molecule has 1 atom stereocenters. The number of nitrogens with one attached hydrogen (secondary N) is 2. The number of nitro groups is 1. The minimum absolute atomic E-state index is 0.0783. The van der Waals surface area contributed by atoms with Gasteiger partial charge in [-0.05, 0) is 31.4 Å². The SMILES string of the molecule is CCNc1ccc([N+](=O)[O-])c(C(=O)NC(C)C(C)(C)C)c1. The van der Waals surface area contributed by atoms with Crippen molar-refractivity contribution >= 4 is 17.3 Å². The summed E-state index contributed by atoms with van der Waals surface area (Å²) in [5, 5.41) is 17.0. The Morgan fingerprint density at radius 3 is 2.48 bits per heavy atom. The van der Waals surface area contributed by atoms with E-state index in [2.05, 4.69) is 10.6 Å². The summed E-state index contributed by atoms with van der Waals surface area (Å²) in [5.41, 5.74) is 0.463. The molecule has 1 rings (SSSR count). The van der Waals surface area contributed by atoms with Crippen LogP contribution in [0, 0.1) is 15.5 Å². The Morgan fingerprint density at radius 1 is 1.38 bits per heavy atom. The fourth-order valence-corrected chi connectivity index (χ4v) is 1.68. The van der Waals surface area contributed by atoms with E-state index in [1.165, 1.54) is 12.1 Å². The molecule has 1 aromatic carbocycles. The molecule has 1 amide bonds. The van der Waals surface area contributed by atoms with E-state index in [0.717, 1.165) is 0 Å². The van der Waals surface area contributed by atoms with Gasteiger partial charge in [-0.25, -0.2) is 0 Å². The average Bonchev–Trinajstić information content (AvgIpc) is 2.37. The number of rotatable bonds is 5. The molecule has 6 nitrogen and oxygen atoms in total. The lowest BCUT2D eigenvalue weighted by atomic mass is 9.88. The van der Waals surface area contributed by atoms with Gasteiger partial charge in [0.05, 0.1) is 4.92 Å². The molecule has 0 saturated heterocycles.